The molecule has 1 aromatic carbocycles. The summed E-state index contributed by atoms with van der Waals surface area (Å²) in [6.07, 6.45) is 1.08. The van der Waals surface area contributed by atoms with Gasteiger partial charge in [-0.05, 0) is 25.5 Å². The highest BCUT2D eigenvalue weighted by atomic mass is 16.5. The maximum Gasteiger partial charge on any atom is 0.119 e. The number of para-hydroxylation sites is 2. The Hall–Kier alpha value is -1.39. The van der Waals surface area contributed by atoms with Crippen molar-refractivity contribution in [2.45, 2.75) is 38.3 Å². The Bertz CT molecular complexity index is 592. The molecule has 3 rings (SSSR count). The molecular formula is C15H21N3O. The SMILES string of the molecule is CCCn1c(C2(C)COCC2N)nc2ccccc21. The van der Waals surface area contributed by atoms with E-state index in [1.807, 2.05) is 6.07 Å². The maximum absolute atomic E-state index is 6.25. The zero-order chi connectivity index (χ0) is 13.5. The van der Waals surface area contributed by atoms with Crippen molar-refractivity contribution >= 4 is 11.0 Å². The smallest absolute Gasteiger partial charge is 0.119 e. The number of hydrogen-bond donors (Lipinski definition) is 1. The van der Waals surface area contributed by atoms with E-state index in [0.717, 1.165) is 24.3 Å². The van der Waals surface area contributed by atoms with E-state index in [1.165, 1.54) is 5.52 Å². The lowest BCUT2D eigenvalue weighted by atomic mass is 9.85. The lowest BCUT2D eigenvalue weighted by Gasteiger charge is -2.27. The Morgan fingerprint density at radius 1 is 1.47 bits per heavy atom. The van der Waals surface area contributed by atoms with Crippen LogP contribution in [0.25, 0.3) is 11.0 Å². The molecule has 2 heterocycles. The van der Waals surface area contributed by atoms with Crippen molar-refractivity contribution in [3.63, 3.8) is 0 Å². The standard InChI is InChI=1S/C15H21N3O/c1-3-8-18-12-7-5-4-6-11(12)17-14(18)15(2)10-19-9-13(15)16/h4-7,13H,3,8-10,16H2,1-2H3. The van der Waals surface area contributed by atoms with Crippen molar-refractivity contribution in [2.75, 3.05) is 13.2 Å². The quantitative estimate of drug-likeness (QED) is 0.918. The minimum atomic E-state index is -0.186. The molecule has 0 radical (unpaired) electrons. The van der Waals surface area contributed by atoms with Crippen LogP contribution < -0.4 is 5.73 Å². The molecule has 2 N–H and O–H groups in total. The first-order chi connectivity index (χ1) is 9.16. The lowest BCUT2D eigenvalue weighted by Crippen LogP contribution is -2.43. The number of benzene rings is 1. The predicted molar refractivity (Wildman–Crippen MR) is 76.2 cm³/mol. The van der Waals surface area contributed by atoms with Crippen LogP contribution in [0, 0.1) is 0 Å². The maximum atomic E-state index is 6.25. The molecule has 1 aliphatic rings. The van der Waals surface area contributed by atoms with E-state index in [9.17, 15) is 0 Å². The van der Waals surface area contributed by atoms with E-state index in [0.29, 0.717) is 13.2 Å². The molecule has 0 amide bonds. The molecular weight excluding hydrogens is 238 g/mol. The first-order valence-electron chi connectivity index (χ1n) is 6.96. The second kappa shape index (κ2) is 4.62. The Morgan fingerprint density at radius 3 is 2.95 bits per heavy atom. The van der Waals surface area contributed by atoms with Crippen LogP contribution in [0.1, 0.15) is 26.1 Å². The predicted octanol–water partition coefficient (Wildman–Crippen LogP) is 2.06. The second-order valence-corrected chi connectivity index (χ2v) is 5.61. The molecule has 2 unspecified atom stereocenters. The van der Waals surface area contributed by atoms with E-state index in [2.05, 4.69) is 36.6 Å². The molecule has 4 heteroatoms. The number of imidazole rings is 1. The number of hydrogen-bond acceptors (Lipinski definition) is 3. The van der Waals surface area contributed by atoms with E-state index in [1.54, 1.807) is 0 Å². The fourth-order valence-electron chi connectivity index (χ4n) is 2.88. The average Bonchev–Trinajstić information content (AvgIpc) is 2.94. The summed E-state index contributed by atoms with van der Waals surface area (Å²) < 4.78 is 7.89. The largest absolute Gasteiger partial charge is 0.379 e. The van der Waals surface area contributed by atoms with Crippen LogP contribution in [-0.4, -0.2) is 28.8 Å². The van der Waals surface area contributed by atoms with Crippen LogP contribution in [0.2, 0.25) is 0 Å². The number of nitrogens with two attached hydrogens (primary N) is 1. The van der Waals surface area contributed by atoms with Crippen LogP contribution in [0.5, 0.6) is 0 Å². The summed E-state index contributed by atoms with van der Waals surface area (Å²) in [6.45, 7) is 6.59. The summed E-state index contributed by atoms with van der Waals surface area (Å²) in [5.74, 6) is 1.07. The van der Waals surface area contributed by atoms with Crippen LogP contribution in [0.15, 0.2) is 24.3 Å². The van der Waals surface area contributed by atoms with Gasteiger partial charge in [-0.2, -0.15) is 0 Å². The number of fused-ring (bicyclic) bond motifs is 1. The first-order valence-corrected chi connectivity index (χ1v) is 6.96. The van der Waals surface area contributed by atoms with Gasteiger partial charge in [-0.25, -0.2) is 4.98 Å². The number of aryl methyl sites for hydroxylation is 1. The average molecular weight is 259 g/mol. The van der Waals surface area contributed by atoms with Crippen molar-refractivity contribution in [3.8, 4) is 0 Å². The van der Waals surface area contributed by atoms with Crippen LogP contribution in [0.3, 0.4) is 0 Å². The Morgan fingerprint density at radius 2 is 2.26 bits per heavy atom. The van der Waals surface area contributed by atoms with Gasteiger partial charge >= 0.3 is 0 Å². The van der Waals surface area contributed by atoms with Crippen molar-refractivity contribution in [1.29, 1.82) is 0 Å². The number of aromatic nitrogens is 2. The van der Waals surface area contributed by atoms with E-state index < -0.39 is 0 Å². The van der Waals surface area contributed by atoms with Gasteiger partial charge in [0.05, 0.1) is 29.7 Å². The van der Waals surface area contributed by atoms with Gasteiger partial charge in [0, 0.05) is 12.6 Å². The van der Waals surface area contributed by atoms with E-state index in [4.69, 9.17) is 15.5 Å². The Kier molecular flexibility index (Phi) is 3.07. The third kappa shape index (κ3) is 1.86. The number of rotatable bonds is 3. The monoisotopic (exact) mass is 259 g/mol. The summed E-state index contributed by atoms with van der Waals surface area (Å²) in [4.78, 5) is 4.84. The van der Waals surface area contributed by atoms with Gasteiger partial charge in [-0.3, -0.25) is 0 Å². The van der Waals surface area contributed by atoms with Crippen LogP contribution in [-0.2, 0) is 16.7 Å². The minimum absolute atomic E-state index is 0.0138. The van der Waals surface area contributed by atoms with Crippen molar-refractivity contribution in [1.82, 2.24) is 9.55 Å². The van der Waals surface area contributed by atoms with Crippen LogP contribution >= 0.6 is 0 Å². The topological polar surface area (TPSA) is 53.1 Å². The molecule has 0 bridgehead atoms. The normalized spacial score (nSPS) is 27.2. The second-order valence-electron chi connectivity index (χ2n) is 5.61. The lowest BCUT2D eigenvalue weighted by molar-refractivity contribution is 0.177. The molecule has 1 saturated heterocycles. The molecule has 4 nitrogen and oxygen atoms in total. The Balaban J connectivity index is 2.19. The minimum Gasteiger partial charge on any atom is -0.379 e. The van der Waals surface area contributed by atoms with E-state index in [-0.39, 0.29) is 11.5 Å². The first kappa shape index (κ1) is 12.6. The van der Waals surface area contributed by atoms with Gasteiger partial charge in [0.15, 0.2) is 0 Å². The molecule has 0 spiro atoms. The van der Waals surface area contributed by atoms with Crippen molar-refractivity contribution in [2.24, 2.45) is 5.73 Å². The highest BCUT2D eigenvalue weighted by molar-refractivity contribution is 5.76. The van der Waals surface area contributed by atoms with Gasteiger partial charge in [0.2, 0.25) is 0 Å². The molecule has 2 aromatic rings. The van der Waals surface area contributed by atoms with Crippen molar-refractivity contribution < 1.29 is 4.74 Å². The third-order valence-corrected chi connectivity index (χ3v) is 4.13. The zero-order valence-corrected chi connectivity index (χ0v) is 11.6. The Labute approximate surface area is 113 Å². The van der Waals surface area contributed by atoms with Gasteiger partial charge in [0.1, 0.15) is 5.82 Å². The van der Waals surface area contributed by atoms with Crippen molar-refractivity contribution in [3.05, 3.63) is 30.1 Å². The summed E-state index contributed by atoms with van der Waals surface area (Å²) in [5, 5.41) is 0. The third-order valence-electron chi connectivity index (χ3n) is 4.13. The summed E-state index contributed by atoms with van der Waals surface area (Å²) in [6, 6.07) is 8.30. The molecule has 1 aliphatic heterocycles. The molecule has 19 heavy (non-hydrogen) atoms. The number of nitrogens with zero attached hydrogens (tertiary/aromatic N) is 2. The highest BCUT2D eigenvalue weighted by Crippen LogP contribution is 2.33. The summed E-state index contributed by atoms with van der Waals surface area (Å²) in [7, 11) is 0. The van der Waals surface area contributed by atoms with Crippen LogP contribution in [0.4, 0.5) is 0 Å². The molecule has 0 aliphatic carbocycles. The summed E-state index contributed by atoms with van der Waals surface area (Å²) >= 11 is 0. The van der Waals surface area contributed by atoms with Gasteiger partial charge in [-0.1, -0.05) is 19.1 Å². The molecule has 1 fully saturated rings. The van der Waals surface area contributed by atoms with E-state index >= 15 is 0 Å². The molecule has 2 atom stereocenters. The summed E-state index contributed by atoms with van der Waals surface area (Å²) in [5.41, 5.74) is 8.31. The fourth-order valence-corrected chi connectivity index (χ4v) is 2.88. The highest BCUT2D eigenvalue weighted by Gasteiger charge is 2.43. The fraction of sp³-hybridized carbons (Fsp3) is 0.533. The molecule has 1 aromatic heterocycles. The zero-order valence-electron chi connectivity index (χ0n) is 11.6. The molecule has 102 valence electrons. The number of ether oxygens (including phenoxy) is 1. The van der Waals surface area contributed by atoms with Gasteiger partial charge in [-0.15, -0.1) is 0 Å². The molecule has 0 saturated carbocycles. The van der Waals surface area contributed by atoms with Gasteiger partial charge < -0.3 is 15.0 Å². The van der Waals surface area contributed by atoms with Gasteiger partial charge in [0.25, 0.3) is 0 Å².